The molecule has 142 valence electrons. The van der Waals surface area contributed by atoms with E-state index in [1.165, 1.54) is 6.08 Å². The third-order valence-corrected chi connectivity index (χ3v) is 5.30. The van der Waals surface area contributed by atoms with Crippen molar-refractivity contribution in [2.24, 2.45) is 5.41 Å². The number of carbonyl (C=O) groups is 2. The zero-order chi connectivity index (χ0) is 19.0. The minimum atomic E-state index is -0.254. The van der Waals surface area contributed by atoms with E-state index in [2.05, 4.69) is 22.1 Å². The van der Waals surface area contributed by atoms with E-state index in [1.54, 1.807) is 18.1 Å². The molecule has 2 N–H and O–H groups in total. The zero-order valence-electron chi connectivity index (χ0n) is 15.2. The molecule has 1 atom stereocenters. The summed E-state index contributed by atoms with van der Waals surface area (Å²) in [7, 11) is 1.58. The fraction of sp³-hybridized carbons (Fsp3) is 0.421. The smallest absolute Gasteiger partial charge is 0.272 e. The highest BCUT2D eigenvalue weighted by atomic mass is 16.5. The second kappa shape index (κ2) is 6.70. The average Bonchev–Trinajstić information content (AvgIpc) is 3.28. The molecule has 1 aromatic heterocycles. The number of methoxy groups -OCH3 is 1. The Morgan fingerprint density at radius 2 is 2.33 bits per heavy atom. The first kappa shape index (κ1) is 17.5. The number of amides is 2. The van der Waals surface area contributed by atoms with Crippen LogP contribution in [0.3, 0.4) is 0 Å². The van der Waals surface area contributed by atoms with E-state index in [9.17, 15) is 9.59 Å². The predicted molar refractivity (Wildman–Crippen MR) is 98.5 cm³/mol. The summed E-state index contributed by atoms with van der Waals surface area (Å²) in [6.45, 7) is 5.91. The number of hydrogen-bond donors (Lipinski definition) is 2. The van der Waals surface area contributed by atoms with Crippen molar-refractivity contribution in [2.75, 3.05) is 33.4 Å². The summed E-state index contributed by atoms with van der Waals surface area (Å²) in [4.78, 5) is 25.9. The molecule has 1 aromatic carbocycles. The van der Waals surface area contributed by atoms with Gasteiger partial charge in [-0.15, -0.1) is 0 Å². The number of aromatic nitrogens is 2. The van der Waals surface area contributed by atoms with Crippen molar-refractivity contribution in [1.82, 2.24) is 20.4 Å². The van der Waals surface area contributed by atoms with Gasteiger partial charge < -0.3 is 19.7 Å². The van der Waals surface area contributed by atoms with Crippen molar-refractivity contribution in [2.45, 2.75) is 12.5 Å². The topological polar surface area (TPSA) is 96.5 Å². The minimum Gasteiger partial charge on any atom is -0.497 e. The molecule has 1 spiro atoms. The third kappa shape index (κ3) is 3.16. The van der Waals surface area contributed by atoms with Crippen molar-refractivity contribution in [3.8, 4) is 5.75 Å². The fourth-order valence-electron chi connectivity index (χ4n) is 3.88. The van der Waals surface area contributed by atoms with Gasteiger partial charge in [0.25, 0.3) is 5.91 Å². The maximum Gasteiger partial charge on any atom is 0.272 e. The molecule has 2 aliphatic rings. The molecular weight excluding hydrogens is 348 g/mol. The highest BCUT2D eigenvalue weighted by Crippen LogP contribution is 2.41. The maximum atomic E-state index is 12.5. The van der Waals surface area contributed by atoms with Crippen LogP contribution in [0.15, 0.2) is 30.9 Å². The maximum absolute atomic E-state index is 12.5. The van der Waals surface area contributed by atoms with Gasteiger partial charge in [-0.25, -0.2) is 0 Å². The quantitative estimate of drug-likeness (QED) is 0.769. The zero-order valence-corrected chi connectivity index (χ0v) is 15.2. The van der Waals surface area contributed by atoms with E-state index < -0.39 is 0 Å². The molecule has 1 unspecified atom stereocenters. The van der Waals surface area contributed by atoms with Crippen molar-refractivity contribution < 1.29 is 19.1 Å². The fourth-order valence-corrected chi connectivity index (χ4v) is 3.88. The number of benzene rings is 1. The molecule has 8 nitrogen and oxygen atoms in total. The van der Waals surface area contributed by atoms with Gasteiger partial charge in [0.05, 0.1) is 25.3 Å². The van der Waals surface area contributed by atoms with Gasteiger partial charge in [-0.3, -0.25) is 14.7 Å². The first-order valence-electron chi connectivity index (χ1n) is 8.87. The van der Waals surface area contributed by atoms with E-state index in [4.69, 9.17) is 9.47 Å². The number of fused-ring (bicyclic) bond motifs is 1. The van der Waals surface area contributed by atoms with Gasteiger partial charge in [-0.05, 0) is 30.7 Å². The summed E-state index contributed by atoms with van der Waals surface area (Å²) in [5, 5.41) is 10.6. The van der Waals surface area contributed by atoms with Gasteiger partial charge in [0.1, 0.15) is 5.75 Å². The molecule has 2 amide bonds. The van der Waals surface area contributed by atoms with E-state index in [-0.39, 0.29) is 23.3 Å². The molecule has 27 heavy (non-hydrogen) atoms. The van der Waals surface area contributed by atoms with E-state index >= 15 is 0 Å². The Morgan fingerprint density at radius 1 is 1.52 bits per heavy atom. The molecular formula is C19H22N4O4. The second-order valence-electron chi connectivity index (χ2n) is 7.23. The Morgan fingerprint density at radius 3 is 3.07 bits per heavy atom. The third-order valence-electron chi connectivity index (χ3n) is 5.30. The van der Waals surface area contributed by atoms with Crippen LogP contribution in [0.2, 0.25) is 0 Å². The summed E-state index contributed by atoms with van der Waals surface area (Å²) in [5.41, 5.74) is 1.13. The summed E-state index contributed by atoms with van der Waals surface area (Å²) in [5.74, 6) is 0.372. The molecule has 2 aliphatic heterocycles. The predicted octanol–water partition coefficient (Wildman–Crippen LogP) is 1.10. The number of likely N-dealkylation sites (tertiary alicyclic amines) is 1. The second-order valence-corrected chi connectivity index (χ2v) is 7.23. The Bertz CT molecular complexity index is 900. The Labute approximate surface area is 156 Å². The number of aromatic amines is 1. The van der Waals surface area contributed by atoms with Gasteiger partial charge in [-0.2, -0.15) is 5.10 Å². The molecule has 0 bridgehead atoms. The van der Waals surface area contributed by atoms with Gasteiger partial charge in [0, 0.05) is 30.4 Å². The lowest BCUT2D eigenvalue weighted by Crippen LogP contribution is -2.58. The van der Waals surface area contributed by atoms with Crippen LogP contribution in [0.1, 0.15) is 16.9 Å². The van der Waals surface area contributed by atoms with Gasteiger partial charge >= 0.3 is 0 Å². The number of nitrogens with one attached hydrogen (secondary N) is 2. The summed E-state index contributed by atoms with van der Waals surface area (Å²) < 4.78 is 11.1. The van der Waals surface area contributed by atoms with E-state index in [0.29, 0.717) is 43.1 Å². The van der Waals surface area contributed by atoms with Crippen LogP contribution in [0.4, 0.5) is 0 Å². The van der Waals surface area contributed by atoms with E-state index in [1.807, 2.05) is 12.1 Å². The van der Waals surface area contributed by atoms with Crippen LogP contribution in [-0.2, 0) is 9.53 Å². The molecule has 2 saturated heterocycles. The number of nitrogens with zero attached hydrogens (tertiary/aromatic N) is 2. The van der Waals surface area contributed by atoms with Gasteiger partial charge in [-0.1, -0.05) is 6.58 Å². The lowest BCUT2D eigenvalue weighted by Gasteiger charge is -2.46. The largest absolute Gasteiger partial charge is 0.497 e. The normalized spacial score (nSPS) is 20.5. The van der Waals surface area contributed by atoms with Gasteiger partial charge in [0.15, 0.2) is 5.69 Å². The monoisotopic (exact) mass is 370 g/mol. The highest BCUT2D eigenvalue weighted by Gasteiger charge is 2.50. The lowest BCUT2D eigenvalue weighted by molar-refractivity contribution is -0.137. The molecule has 0 radical (unpaired) electrons. The van der Waals surface area contributed by atoms with Crippen molar-refractivity contribution in [3.63, 3.8) is 0 Å². The Balaban J connectivity index is 1.34. The molecule has 4 rings (SSSR count). The van der Waals surface area contributed by atoms with E-state index in [0.717, 1.165) is 11.9 Å². The average molecular weight is 370 g/mol. The molecule has 0 aliphatic carbocycles. The Kier molecular flexibility index (Phi) is 4.35. The summed E-state index contributed by atoms with van der Waals surface area (Å²) in [6.07, 6.45) is 2.10. The Hall–Kier alpha value is -2.87. The number of rotatable bonds is 5. The molecule has 0 saturated carbocycles. The summed E-state index contributed by atoms with van der Waals surface area (Å²) in [6, 6.07) is 5.43. The van der Waals surface area contributed by atoms with Crippen LogP contribution in [0.25, 0.3) is 10.9 Å². The van der Waals surface area contributed by atoms with Crippen LogP contribution in [0.5, 0.6) is 5.75 Å². The SMILES string of the molecule is C=CC(=O)N1CC2(COC(CNC(=O)c3n[nH]c4ccc(OC)cc34)C2)C1. The van der Waals surface area contributed by atoms with Gasteiger partial charge in [0.2, 0.25) is 5.91 Å². The highest BCUT2D eigenvalue weighted by molar-refractivity contribution is 6.05. The van der Waals surface area contributed by atoms with Crippen molar-refractivity contribution >= 4 is 22.7 Å². The lowest BCUT2D eigenvalue weighted by atomic mass is 9.78. The number of ether oxygens (including phenoxy) is 2. The molecule has 3 heterocycles. The number of H-pyrrole nitrogens is 1. The first-order chi connectivity index (χ1) is 13.0. The van der Waals surface area contributed by atoms with Crippen molar-refractivity contribution in [1.29, 1.82) is 0 Å². The van der Waals surface area contributed by atoms with Crippen LogP contribution in [-0.4, -0.2) is 66.4 Å². The minimum absolute atomic E-state index is 0.0143. The van der Waals surface area contributed by atoms with Crippen LogP contribution >= 0.6 is 0 Å². The number of hydrogen-bond acceptors (Lipinski definition) is 5. The van der Waals surface area contributed by atoms with Crippen LogP contribution < -0.4 is 10.1 Å². The van der Waals surface area contributed by atoms with Crippen LogP contribution in [0, 0.1) is 5.41 Å². The first-order valence-corrected chi connectivity index (χ1v) is 8.87. The summed E-state index contributed by atoms with van der Waals surface area (Å²) >= 11 is 0. The van der Waals surface area contributed by atoms with Crippen molar-refractivity contribution in [3.05, 3.63) is 36.5 Å². The number of carbonyl (C=O) groups excluding carboxylic acids is 2. The molecule has 8 heteroatoms. The molecule has 2 aromatic rings. The standard InChI is InChI=1S/C19H22N4O4/c1-3-16(24)23-9-19(10-23)7-13(27-11-19)8-20-18(25)17-14-6-12(26-2)4-5-15(14)21-22-17/h3-6,13H,1,7-11H2,2H3,(H,20,25)(H,21,22). The molecule has 2 fully saturated rings.